The highest BCUT2D eigenvalue weighted by Gasteiger charge is 2.42. The third-order valence-corrected chi connectivity index (χ3v) is 5.73. The van der Waals surface area contributed by atoms with Crippen LogP contribution in [-0.4, -0.2) is 17.4 Å². The van der Waals surface area contributed by atoms with Gasteiger partial charge in [-0.25, -0.2) is 4.39 Å². The zero-order valence-electron chi connectivity index (χ0n) is 16.5. The zero-order chi connectivity index (χ0) is 20.5. The van der Waals surface area contributed by atoms with Gasteiger partial charge in [-0.05, 0) is 56.0 Å². The Labute approximate surface area is 169 Å². The lowest BCUT2D eigenvalue weighted by Gasteiger charge is -2.35. The predicted molar refractivity (Wildman–Crippen MR) is 111 cm³/mol. The first-order valence-electron chi connectivity index (χ1n) is 9.89. The maximum absolute atomic E-state index is 14.0. The van der Waals surface area contributed by atoms with Crippen LogP contribution in [0.3, 0.4) is 0 Å². The minimum absolute atomic E-state index is 0.00505. The molecule has 0 aromatic heterocycles. The van der Waals surface area contributed by atoms with E-state index in [1.54, 1.807) is 12.1 Å². The second-order valence-electron chi connectivity index (χ2n) is 7.70. The maximum Gasteiger partial charge on any atom is 0.234 e. The van der Waals surface area contributed by atoms with Gasteiger partial charge >= 0.3 is 0 Å². The van der Waals surface area contributed by atoms with Crippen molar-refractivity contribution in [3.8, 4) is 0 Å². The van der Waals surface area contributed by atoms with Crippen LogP contribution in [0.1, 0.15) is 43.2 Å². The lowest BCUT2D eigenvalue weighted by Crippen LogP contribution is -2.39. The fourth-order valence-electron chi connectivity index (χ4n) is 4.33. The van der Waals surface area contributed by atoms with Gasteiger partial charge in [0.1, 0.15) is 5.82 Å². The number of carbonyl (C=O) groups excluding carboxylic acids is 2. The van der Waals surface area contributed by atoms with Crippen molar-refractivity contribution in [3.05, 3.63) is 76.7 Å². The molecule has 0 spiro atoms. The minimum Gasteiger partial charge on any atom is -0.325 e. The molecule has 1 unspecified atom stereocenters. The molecule has 5 heteroatoms. The number of halogens is 1. The van der Waals surface area contributed by atoms with E-state index in [4.69, 9.17) is 0 Å². The summed E-state index contributed by atoms with van der Waals surface area (Å²) in [4.78, 5) is 30.8. The van der Waals surface area contributed by atoms with Crippen LogP contribution in [0.4, 0.5) is 10.1 Å². The highest BCUT2D eigenvalue weighted by Crippen LogP contribution is 2.43. The molecule has 29 heavy (non-hydrogen) atoms. The molecule has 0 bridgehead atoms. The quantitative estimate of drug-likeness (QED) is 0.806. The average molecular weight is 390 g/mol. The van der Waals surface area contributed by atoms with Crippen molar-refractivity contribution in [3.63, 3.8) is 0 Å². The Kier molecular flexibility index (Phi) is 5.14. The lowest BCUT2D eigenvalue weighted by atomic mass is 9.71. The summed E-state index contributed by atoms with van der Waals surface area (Å²) in [5.41, 5.74) is 4.26. The molecular formula is C24H23FN2O2. The third-order valence-electron chi connectivity index (χ3n) is 5.73. The van der Waals surface area contributed by atoms with Gasteiger partial charge < -0.3 is 5.32 Å². The smallest absolute Gasteiger partial charge is 0.234 e. The number of ketones is 1. The normalized spacial score (nSPS) is 21.5. The Morgan fingerprint density at radius 3 is 2.66 bits per heavy atom. The number of anilines is 1. The molecule has 2 aliphatic rings. The summed E-state index contributed by atoms with van der Waals surface area (Å²) >= 11 is 0. The standard InChI is InChI=1S/C24H23FN2O2/c1-14-7-3-4-10-18(14)27-24(29)21-15(2)26-19-11-6-12-20(28)23(19)22(21)16-8-5-9-17(25)13-16/h3-5,7-10,13,21-22H,6,11-12H2,1-2H3,(H,27,29)/t21?,22-/m1/s1. The molecule has 1 amide bonds. The molecule has 1 heterocycles. The molecule has 2 atom stereocenters. The van der Waals surface area contributed by atoms with Gasteiger partial charge in [-0.15, -0.1) is 0 Å². The molecule has 1 N–H and O–H groups in total. The van der Waals surface area contributed by atoms with E-state index in [9.17, 15) is 14.0 Å². The van der Waals surface area contributed by atoms with Crippen LogP contribution >= 0.6 is 0 Å². The average Bonchev–Trinajstić information content (AvgIpc) is 2.69. The number of nitrogens with zero attached hydrogens (tertiary/aromatic N) is 1. The van der Waals surface area contributed by atoms with Crippen molar-refractivity contribution in [1.82, 2.24) is 0 Å². The van der Waals surface area contributed by atoms with Crippen molar-refractivity contribution in [2.75, 3.05) is 5.32 Å². The van der Waals surface area contributed by atoms with Crippen LogP contribution in [0.15, 0.2) is 64.8 Å². The molecule has 2 aromatic rings. The first-order chi connectivity index (χ1) is 14.0. The van der Waals surface area contributed by atoms with Crippen molar-refractivity contribution < 1.29 is 14.0 Å². The summed E-state index contributed by atoms with van der Waals surface area (Å²) in [6, 6.07) is 13.7. The molecule has 0 saturated heterocycles. The van der Waals surface area contributed by atoms with Gasteiger partial charge in [-0.3, -0.25) is 14.6 Å². The van der Waals surface area contributed by atoms with Crippen molar-refractivity contribution in [2.45, 2.75) is 39.0 Å². The number of nitrogens with one attached hydrogen (secondary N) is 1. The number of hydrogen-bond acceptors (Lipinski definition) is 3. The van der Waals surface area contributed by atoms with E-state index >= 15 is 0 Å². The monoisotopic (exact) mass is 390 g/mol. The zero-order valence-corrected chi connectivity index (χ0v) is 16.5. The number of Topliss-reactive ketones (excluding diaryl/α,β-unsaturated/α-hetero) is 1. The Bertz CT molecular complexity index is 1050. The van der Waals surface area contributed by atoms with E-state index in [-0.39, 0.29) is 17.5 Å². The number of aliphatic imine (C=N–C) groups is 1. The van der Waals surface area contributed by atoms with Crippen molar-refractivity contribution in [2.24, 2.45) is 10.9 Å². The van der Waals surface area contributed by atoms with E-state index < -0.39 is 11.8 Å². The molecule has 4 rings (SSSR count). The fourth-order valence-corrected chi connectivity index (χ4v) is 4.33. The molecule has 148 valence electrons. The largest absolute Gasteiger partial charge is 0.325 e. The SMILES string of the molecule is CC1=NC2=C(C(=O)CCC2)[C@H](c2cccc(F)c2)C1C(=O)Nc1ccccc1C. The Hall–Kier alpha value is -3.08. The summed E-state index contributed by atoms with van der Waals surface area (Å²) < 4.78 is 14.0. The van der Waals surface area contributed by atoms with Crippen LogP contribution in [0, 0.1) is 18.7 Å². The second-order valence-corrected chi connectivity index (χ2v) is 7.70. The summed E-state index contributed by atoms with van der Waals surface area (Å²) in [6.07, 6.45) is 1.89. The molecule has 1 aliphatic heterocycles. The Morgan fingerprint density at radius 2 is 1.90 bits per heavy atom. The number of para-hydroxylation sites is 1. The van der Waals surface area contributed by atoms with Gasteiger partial charge in [0, 0.05) is 35.0 Å². The van der Waals surface area contributed by atoms with E-state index in [1.807, 2.05) is 38.1 Å². The molecule has 1 aliphatic carbocycles. The first kappa shape index (κ1) is 19.2. The molecular weight excluding hydrogens is 367 g/mol. The topological polar surface area (TPSA) is 58.5 Å². The van der Waals surface area contributed by atoms with Gasteiger partial charge in [0.15, 0.2) is 5.78 Å². The van der Waals surface area contributed by atoms with E-state index in [1.165, 1.54) is 12.1 Å². The number of benzene rings is 2. The summed E-state index contributed by atoms with van der Waals surface area (Å²) in [7, 11) is 0. The molecule has 0 radical (unpaired) electrons. The van der Waals surface area contributed by atoms with E-state index in [0.29, 0.717) is 29.7 Å². The van der Waals surface area contributed by atoms with Crippen LogP contribution in [0.25, 0.3) is 0 Å². The maximum atomic E-state index is 14.0. The van der Waals surface area contributed by atoms with E-state index in [0.717, 1.165) is 23.4 Å². The summed E-state index contributed by atoms with van der Waals surface area (Å²) in [5, 5.41) is 2.99. The third kappa shape index (κ3) is 3.65. The van der Waals surface area contributed by atoms with Gasteiger partial charge in [0.05, 0.1) is 5.92 Å². The van der Waals surface area contributed by atoms with E-state index in [2.05, 4.69) is 10.3 Å². The number of carbonyl (C=O) groups is 2. The molecule has 4 nitrogen and oxygen atoms in total. The van der Waals surface area contributed by atoms with Crippen LogP contribution in [-0.2, 0) is 9.59 Å². The number of rotatable bonds is 3. The molecule has 2 aromatic carbocycles. The summed E-state index contributed by atoms with van der Waals surface area (Å²) in [6.45, 7) is 3.74. The van der Waals surface area contributed by atoms with Crippen molar-refractivity contribution >= 4 is 23.1 Å². The lowest BCUT2D eigenvalue weighted by molar-refractivity contribution is -0.119. The number of allylic oxidation sites excluding steroid dienone is 2. The summed E-state index contributed by atoms with van der Waals surface area (Å²) in [5.74, 6) is -1.82. The number of aryl methyl sites for hydroxylation is 1. The molecule has 0 saturated carbocycles. The fraction of sp³-hybridized carbons (Fsp3) is 0.292. The van der Waals surface area contributed by atoms with Gasteiger partial charge in [0.2, 0.25) is 5.91 Å². The van der Waals surface area contributed by atoms with Crippen LogP contribution in [0.5, 0.6) is 0 Å². The first-order valence-corrected chi connectivity index (χ1v) is 9.89. The highest BCUT2D eigenvalue weighted by molar-refractivity contribution is 6.13. The van der Waals surface area contributed by atoms with Gasteiger partial charge in [-0.2, -0.15) is 0 Å². The van der Waals surface area contributed by atoms with Crippen LogP contribution < -0.4 is 5.32 Å². The van der Waals surface area contributed by atoms with Crippen molar-refractivity contribution in [1.29, 1.82) is 0 Å². The Balaban J connectivity index is 1.79. The predicted octanol–water partition coefficient (Wildman–Crippen LogP) is 4.95. The van der Waals surface area contributed by atoms with Crippen LogP contribution in [0.2, 0.25) is 0 Å². The molecule has 0 fully saturated rings. The minimum atomic E-state index is -0.669. The second kappa shape index (κ2) is 7.74. The number of amides is 1. The highest BCUT2D eigenvalue weighted by atomic mass is 19.1. The van der Waals surface area contributed by atoms with Gasteiger partial charge in [0.25, 0.3) is 0 Å². The Morgan fingerprint density at radius 1 is 1.10 bits per heavy atom. The number of hydrogen-bond donors (Lipinski definition) is 1. The van der Waals surface area contributed by atoms with Gasteiger partial charge in [-0.1, -0.05) is 30.3 Å².